The van der Waals surface area contributed by atoms with Crippen molar-refractivity contribution >= 4 is 38.6 Å². The fourth-order valence-electron chi connectivity index (χ4n) is 1.59. The Labute approximate surface area is 126 Å². The van der Waals surface area contributed by atoms with Gasteiger partial charge in [-0.2, -0.15) is 0 Å². The molecule has 3 N–H and O–H groups in total. The van der Waals surface area contributed by atoms with Crippen molar-refractivity contribution in [3.8, 4) is 0 Å². The quantitative estimate of drug-likeness (QED) is 0.822. The second-order valence-corrected chi connectivity index (χ2v) is 7.14. The lowest BCUT2D eigenvalue weighted by Gasteiger charge is -2.09. The van der Waals surface area contributed by atoms with Gasteiger partial charge in [-0.1, -0.05) is 11.6 Å². The summed E-state index contributed by atoms with van der Waals surface area (Å²) in [6, 6.07) is 2.81. The molecule has 2 aromatic rings. The van der Waals surface area contributed by atoms with Crippen LogP contribution in [-0.4, -0.2) is 19.9 Å². The van der Waals surface area contributed by atoms with E-state index in [9.17, 15) is 8.42 Å². The van der Waals surface area contributed by atoms with Crippen LogP contribution in [0.3, 0.4) is 0 Å². The van der Waals surface area contributed by atoms with E-state index in [0.29, 0.717) is 22.7 Å². The number of aromatic nitrogens is 1. The topological polar surface area (TPSA) is 85.1 Å². The molecule has 0 bridgehead atoms. The summed E-state index contributed by atoms with van der Waals surface area (Å²) in [4.78, 5) is 4.16. The van der Waals surface area contributed by atoms with Crippen LogP contribution >= 0.6 is 22.9 Å². The van der Waals surface area contributed by atoms with Gasteiger partial charge in [0.2, 0.25) is 10.0 Å². The highest BCUT2D eigenvalue weighted by Crippen LogP contribution is 2.25. The second-order valence-electron chi connectivity index (χ2n) is 4.25. The molecular formula is C12H14ClN3O2S2. The van der Waals surface area contributed by atoms with Gasteiger partial charge in [0, 0.05) is 29.1 Å². The van der Waals surface area contributed by atoms with E-state index in [1.54, 1.807) is 12.4 Å². The molecule has 0 saturated heterocycles. The van der Waals surface area contributed by atoms with Gasteiger partial charge >= 0.3 is 0 Å². The molecule has 1 heterocycles. The van der Waals surface area contributed by atoms with E-state index in [2.05, 4.69) is 9.71 Å². The first-order valence-corrected chi connectivity index (χ1v) is 8.63. The average molecular weight is 332 g/mol. The molecule has 0 aliphatic rings. The molecule has 108 valence electrons. The average Bonchev–Trinajstić information content (AvgIpc) is 2.88. The molecule has 1 aromatic carbocycles. The third-order valence-corrected chi connectivity index (χ3v) is 5.29. The van der Waals surface area contributed by atoms with Crippen molar-refractivity contribution in [2.75, 3.05) is 12.3 Å². The lowest BCUT2D eigenvalue weighted by atomic mass is 10.2. The number of thiazole rings is 1. The Morgan fingerprint density at radius 2 is 2.20 bits per heavy atom. The molecule has 0 unspecified atom stereocenters. The van der Waals surface area contributed by atoms with Crippen LogP contribution in [0.1, 0.15) is 11.3 Å². The van der Waals surface area contributed by atoms with Crippen LogP contribution < -0.4 is 10.5 Å². The van der Waals surface area contributed by atoms with Gasteiger partial charge in [-0.05, 0) is 24.6 Å². The zero-order chi connectivity index (χ0) is 14.8. The molecule has 0 aliphatic heterocycles. The third-order valence-electron chi connectivity index (χ3n) is 2.82. The van der Waals surface area contributed by atoms with Gasteiger partial charge in [-0.3, -0.25) is 0 Å². The number of hydrogen-bond donors (Lipinski definition) is 2. The SMILES string of the molecule is Cc1c(N)cc(S(=O)(=O)NCCc2cscn2)cc1Cl. The highest BCUT2D eigenvalue weighted by atomic mass is 35.5. The normalized spacial score (nSPS) is 11.7. The van der Waals surface area contributed by atoms with E-state index in [0.717, 1.165) is 5.69 Å². The van der Waals surface area contributed by atoms with Crippen molar-refractivity contribution < 1.29 is 8.42 Å². The molecule has 0 radical (unpaired) electrons. The van der Waals surface area contributed by atoms with Crippen LogP contribution in [-0.2, 0) is 16.4 Å². The summed E-state index contributed by atoms with van der Waals surface area (Å²) in [5, 5.41) is 2.22. The Morgan fingerprint density at radius 1 is 1.45 bits per heavy atom. The molecule has 0 saturated carbocycles. The number of nitrogens with zero attached hydrogens (tertiary/aromatic N) is 1. The van der Waals surface area contributed by atoms with Crippen molar-refractivity contribution in [1.82, 2.24) is 9.71 Å². The van der Waals surface area contributed by atoms with E-state index in [4.69, 9.17) is 17.3 Å². The Bertz CT molecular complexity index is 676. The minimum absolute atomic E-state index is 0.0730. The summed E-state index contributed by atoms with van der Waals surface area (Å²) in [6.07, 6.45) is 0.539. The number of sulfonamides is 1. The minimum atomic E-state index is -3.61. The summed E-state index contributed by atoms with van der Waals surface area (Å²) in [6.45, 7) is 2.02. The lowest BCUT2D eigenvalue weighted by molar-refractivity contribution is 0.581. The fourth-order valence-corrected chi connectivity index (χ4v) is 3.56. The second kappa shape index (κ2) is 6.09. The molecule has 2 rings (SSSR count). The zero-order valence-electron chi connectivity index (χ0n) is 10.8. The number of rotatable bonds is 5. The number of nitrogen functional groups attached to an aromatic ring is 1. The molecule has 0 amide bonds. The van der Waals surface area contributed by atoms with Crippen molar-refractivity contribution in [3.63, 3.8) is 0 Å². The van der Waals surface area contributed by atoms with Crippen molar-refractivity contribution in [3.05, 3.63) is 39.3 Å². The van der Waals surface area contributed by atoms with E-state index in [1.165, 1.54) is 23.5 Å². The summed E-state index contributed by atoms with van der Waals surface area (Å²) < 4.78 is 26.8. The Morgan fingerprint density at radius 3 is 2.80 bits per heavy atom. The highest BCUT2D eigenvalue weighted by molar-refractivity contribution is 7.89. The number of nitrogens with one attached hydrogen (secondary N) is 1. The van der Waals surface area contributed by atoms with Crippen LogP contribution in [0.2, 0.25) is 5.02 Å². The first kappa shape index (κ1) is 15.2. The van der Waals surface area contributed by atoms with Gasteiger partial charge < -0.3 is 5.73 Å². The van der Waals surface area contributed by atoms with Gasteiger partial charge in [0.15, 0.2) is 0 Å². The summed E-state index contributed by atoms with van der Waals surface area (Å²) in [7, 11) is -3.61. The van der Waals surface area contributed by atoms with Crippen LogP contribution in [0.25, 0.3) is 0 Å². The number of nitrogens with two attached hydrogens (primary N) is 1. The van der Waals surface area contributed by atoms with Crippen molar-refractivity contribution in [2.45, 2.75) is 18.2 Å². The standard InChI is InChI=1S/C12H14ClN3O2S2/c1-8-11(13)4-10(5-12(8)14)20(17,18)16-3-2-9-6-19-7-15-9/h4-7,16H,2-3,14H2,1H3. The Hall–Kier alpha value is -1.15. The van der Waals surface area contributed by atoms with Crippen LogP contribution in [0.15, 0.2) is 27.9 Å². The predicted octanol–water partition coefficient (Wildman–Crippen LogP) is 2.21. The molecule has 1 aromatic heterocycles. The van der Waals surface area contributed by atoms with E-state index < -0.39 is 10.0 Å². The predicted molar refractivity (Wildman–Crippen MR) is 81.6 cm³/mol. The Balaban J connectivity index is 2.10. The number of benzene rings is 1. The third kappa shape index (κ3) is 3.49. The first-order valence-electron chi connectivity index (χ1n) is 5.82. The maximum atomic E-state index is 12.1. The van der Waals surface area contributed by atoms with Crippen LogP contribution in [0.5, 0.6) is 0 Å². The van der Waals surface area contributed by atoms with E-state index in [1.807, 2.05) is 5.38 Å². The molecule has 5 nitrogen and oxygen atoms in total. The van der Waals surface area contributed by atoms with E-state index >= 15 is 0 Å². The largest absolute Gasteiger partial charge is 0.398 e. The molecule has 0 atom stereocenters. The van der Waals surface area contributed by atoms with Gasteiger partial charge in [0.25, 0.3) is 0 Å². The van der Waals surface area contributed by atoms with Gasteiger partial charge in [0.05, 0.1) is 16.1 Å². The monoisotopic (exact) mass is 331 g/mol. The molecule has 8 heteroatoms. The van der Waals surface area contributed by atoms with Crippen LogP contribution in [0, 0.1) is 6.92 Å². The fraction of sp³-hybridized carbons (Fsp3) is 0.250. The number of anilines is 1. The highest BCUT2D eigenvalue weighted by Gasteiger charge is 2.16. The lowest BCUT2D eigenvalue weighted by Crippen LogP contribution is -2.26. The first-order chi connectivity index (χ1) is 9.40. The summed E-state index contributed by atoms with van der Waals surface area (Å²) in [5.74, 6) is 0. The smallest absolute Gasteiger partial charge is 0.240 e. The van der Waals surface area contributed by atoms with Crippen LogP contribution in [0.4, 0.5) is 5.69 Å². The zero-order valence-corrected chi connectivity index (χ0v) is 13.1. The molecule has 0 fully saturated rings. The molecule has 0 spiro atoms. The van der Waals surface area contributed by atoms with E-state index in [-0.39, 0.29) is 11.4 Å². The molecular weight excluding hydrogens is 318 g/mol. The molecule has 20 heavy (non-hydrogen) atoms. The summed E-state index contributed by atoms with van der Waals surface area (Å²) in [5.41, 5.74) is 9.34. The number of hydrogen-bond acceptors (Lipinski definition) is 5. The maximum absolute atomic E-state index is 12.1. The van der Waals surface area contributed by atoms with Gasteiger partial charge in [-0.15, -0.1) is 11.3 Å². The number of halogens is 1. The maximum Gasteiger partial charge on any atom is 0.240 e. The minimum Gasteiger partial charge on any atom is -0.398 e. The summed E-state index contributed by atoms with van der Waals surface area (Å²) >= 11 is 7.44. The van der Waals surface area contributed by atoms with Gasteiger partial charge in [0.1, 0.15) is 0 Å². The Kier molecular flexibility index (Phi) is 4.64. The molecule has 0 aliphatic carbocycles. The van der Waals surface area contributed by atoms with Crippen molar-refractivity contribution in [1.29, 1.82) is 0 Å². The van der Waals surface area contributed by atoms with Gasteiger partial charge in [-0.25, -0.2) is 18.1 Å². The van der Waals surface area contributed by atoms with Crippen molar-refractivity contribution in [2.24, 2.45) is 0 Å².